The van der Waals surface area contributed by atoms with Crippen molar-refractivity contribution in [1.29, 1.82) is 0 Å². The third-order valence-electron chi connectivity index (χ3n) is 2.98. The highest BCUT2D eigenvalue weighted by Crippen LogP contribution is 2.19. The highest BCUT2D eigenvalue weighted by atomic mass is 79.9. The highest BCUT2D eigenvalue weighted by Gasteiger charge is 2.16. The number of halogens is 1. The number of para-hydroxylation sites is 1. The second-order valence-corrected chi connectivity index (χ2v) is 5.46. The molecule has 1 aromatic carbocycles. The van der Waals surface area contributed by atoms with Gasteiger partial charge < -0.3 is 9.15 Å². The summed E-state index contributed by atoms with van der Waals surface area (Å²) < 4.78 is 11.1. The fraction of sp³-hybridized carbons (Fsp3) is 0.0625. The Balaban J connectivity index is 1.68. The van der Waals surface area contributed by atoms with Gasteiger partial charge in [-0.15, -0.1) is 0 Å². The second-order valence-electron chi connectivity index (χ2n) is 4.54. The molecule has 0 aliphatic rings. The van der Waals surface area contributed by atoms with E-state index in [2.05, 4.69) is 20.9 Å². The van der Waals surface area contributed by atoms with Crippen LogP contribution in [0.2, 0.25) is 0 Å². The minimum absolute atomic E-state index is 0.168. The van der Waals surface area contributed by atoms with Crippen LogP contribution in [0.25, 0.3) is 11.0 Å². The maximum atomic E-state index is 12.0. The van der Waals surface area contributed by atoms with Gasteiger partial charge in [-0.1, -0.05) is 18.2 Å². The zero-order valence-electron chi connectivity index (χ0n) is 11.3. The van der Waals surface area contributed by atoms with E-state index in [-0.39, 0.29) is 17.9 Å². The van der Waals surface area contributed by atoms with Crippen molar-refractivity contribution in [2.45, 2.75) is 0 Å². The van der Waals surface area contributed by atoms with Gasteiger partial charge in [0.2, 0.25) is 5.78 Å². The van der Waals surface area contributed by atoms with E-state index in [0.717, 1.165) is 5.39 Å². The number of nitrogens with zero attached hydrogens (tertiary/aromatic N) is 1. The van der Waals surface area contributed by atoms with Crippen molar-refractivity contribution in [3.63, 3.8) is 0 Å². The molecule has 3 aromatic rings. The van der Waals surface area contributed by atoms with Gasteiger partial charge in [0, 0.05) is 22.3 Å². The maximum Gasteiger partial charge on any atom is 0.340 e. The number of hydrogen-bond acceptors (Lipinski definition) is 5. The molecule has 0 bridgehead atoms. The number of esters is 1. The molecule has 0 radical (unpaired) electrons. The third kappa shape index (κ3) is 3.07. The number of hydrogen-bond donors (Lipinski definition) is 0. The van der Waals surface area contributed by atoms with E-state index < -0.39 is 11.8 Å². The molecule has 110 valence electrons. The number of carbonyl (C=O) groups is 2. The van der Waals surface area contributed by atoms with Crippen LogP contribution in [-0.2, 0) is 4.74 Å². The number of Topliss-reactive ketones (excluding diaryl/α,β-unsaturated/α-hetero) is 1. The first-order valence-electron chi connectivity index (χ1n) is 6.43. The number of rotatable bonds is 4. The van der Waals surface area contributed by atoms with Crippen molar-refractivity contribution in [1.82, 2.24) is 4.98 Å². The Labute approximate surface area is 134 Å². The van der Waals surface area contributed by atoms with Gasteiger partial charge in [0.25, 0.3) is 0 Å². The summed E-state index contributed by atoms with van der Waals surface area (Å²) >= 11 is 3.21. The van der Waals surface area contributed by atoms with E-state index in [1.807, 2.05) is 18.2 Å². The first-order valence-corrected chi connectivity index (χ1v) is 7.22. The summed E-state index contributed by atoms with van der Waals surface area (Å²) in [6.45, 7) is -0.384. The lowest BCUT2D eigenvalue weighted by molar-refractivity contribution is 0.0468. The molecule has 6 heteroatoms. The molecule has 0 aliphatic heterocycles. The summed E-state index contributed by atoms with van der Waals surface area (Å²) in [5.41, 5.74) is 0.889. The van der Waals surface area contributed by atoms with E-state index in [1.54, 1.807) is 24.4 Å². The molecule has 0 fully saturated rings. The van der Waals surface area contributed by atoms with E-state index >= 15 is 0 Å². The summed E-state index contributed by atoms with van der Waals surface area (Å²) in [5.74, 6) is -0.841. The molecule has 0 spiro atoms. The van der Waals surface area contributed by atoms with Crippen LogP contribution >= 0.6 is 15.9 Å². The maximum absolute atomic E-state index is 12.0. The molecule has 2 heterocycles. The van der Waals surface area contributed by atoms with Gasteiger partial charge in [-0.2, -0.15) is 0 Å². The van der Waals surface area contributed by atoms with Crippen molar-refractivity contribution in [2.24, 2.45) is 0 Å². The minimum Gasteiger partial charge on any atom is -0.454 e. The zero-order valence-corrected chi connectivity index (χ0v) is 12.9. The molecule has 0 aliphatic carbocycles. The average molecular weight is 360 g/mol. The van der Waals surface area contributed by atoms with Crippen molar-refractivity contribution < 1.29 is 18.7 Å². The standard InChI is InChI=1S/C16H10BrNO4/c17-12-5-11(7-18-8-12)16(20)21-9-13(19)15-6-10-3-1-2-4-14(10)22-15/h1-8H,9H2. The van der Waals surface area contributed by atoms with Gasteiger partial charge in [-0.05, 0) is 34.1 Å². The lowest BCUT2D eigenvalue weighted by Crippen LogP contribution is -2.14. The van der Waals surface area contributed by atoms with E-state index in [9.17, 15) is 9.59 Å². The van der Waals surface area contributed by atoms with Gasteiger partial charge in [0.05, 0.1) is 5.56 Å². The largest absolute Gasteiger partial charge is 0.454 e. The smallest absolute Gasteiger partial charge is 0.340 e. The quantitative estimate of drug-likeness (QED) is 0.525. The van der Waals surface area contributed by atoms with Crippen LogP contribution < -0.4 is 0 Å². The first-order chi connectivity index (χ1) is 10.6. The minimum atomic E-state index is -0.613. The Kier molecular flexibility index (Phi) is 4.02. The van der Waals surface area contributed by atoms with Crippen molar-refractivity contribution in [2.75, 3.05) is 6.61 Å². The van der Waals surface area contributed by atoms with Gasteiger partial charge in [-0.3, -0.25) is 9.78 Å². The molecule has 0 amide bonds. The fourth-order valence-corrected chi connectivity index (χ4v) is 2.29. The molecule has 0 atom stereocenters. The van der Waals surface area contributed by atoms with Crippen molar-refractivity contribution in [3.8, 4) is 0 Å². The summed E-state index contributed by atoms with van der Waals surface area (Å²) in [6, 6.07) is 10.5. The predicted molar refractivity (Wildman–Crippen MR) is 82.8 cm³/mol. The number of fused-ring (bicyclic) bond motifs is 1. The molecule has 2 aromatic heterocycles. The van der Waals surface area contributed by atoms with Gasteiger partial charge >= 0.3 is 5.97 Å². The summed E-state index contributed by atoms with van der Waals surface area (Å²) in [6.07, 6.45) is 2.93. The Morgan fingerprint density at radius 3 is 2.77 bits per heavy atom. The SMILES string of the molecule is O=C(OCC(=O)c1cc2ccccc2o1)c1cncc(Br)c1. The highest BCUT2D eigenvalue weighted by molar-refractivity contribution is 9.10. The molecule has 22 heavy (non-hydrogen) atoms. The van der Waals surface area contributed by atoms with Gasteiger partial charge in [0.1, 0.15) is 5.58 Å². The Morgan fingerprint density at radius 2 is 2.00 bits per heavy atom. The van der Waals surface area contributed by atoms with E-state index in [1.165, 1.54) is 6.20 Å². The molecule has 0 saturated carbocycles. The number of furan rings is 1. The molecule has 0 saturated heterocycles. The number of ether oxygens (including phenoxy) is 1. The van der Waals surface area contributed by atoms with Crippen LogP contribution in [0, 0.1) is 0 Å². The van der Waals surface area contributed by atoms with Crippen LogP contribution in [-0.4, -0.2) is 23.3 Å². The number of carbonyl (C=O) groups excluding carboxylic acids is 2. The first kappa shape index (κ1) is 14.5. The van der Waals surface area contributed by atoms with E-state index in [4.69, 9.17) is 9.15 Å². The van der Waals surface area contributed by atoms with E-state index in [0.29, 0.717) is 10.1 Å². The topological polar surface area (TPSA) is 69.4 Å². The predicted octanol–water partition coefficient (Wildman–Crippen LogP) is 3.63. The molecular weight excluding hydrogens is 350 g/mol. The lowest BCUT2D eigenvalue weighted by atomic mass is 10.2. The molecular formula is C16H10BrNO4. The second kappa shape index (κ2) is 6.11. The monoisotopic (exact) mass is 359 g/mol. The Bertz CT molecular complexity index is 823. The average Bonchev–Trinajstić information content (AvgIpc) is 2.96. The van der Waals surface area contributed by atoms with Crippen LogP contribution in [0.15, 0.2) is 57.7 Å². The van der Waals surface area contributed by atoms with Crippen molar-refractivity contribution in [3.05, 3.63) is 64.6 Å². The van der Waals surface area contributed by atoms with Crippen LogP contribution in [0.5, 0.6) is 0 Å². The Hall–Kier alpha value is -2.47. The summed E-state index contributed by atoms with van der Waals surface area (Å²) in [5, 5.41) is 0.827. The molecule has 0 N–H and O–H groups in total. The fourth-order valence-electron chi connectivity index (χ4n) is 1.93. The normalized spacial score (nSPS) is 10.6. The van der Waals surface area contributed by atoms with Crippen molar-refractivity contribution >= 4 is 38.7 Å². The molecule has 5 nitrogen and oxygen atoms in total. The van der Waals surface area contributed by atoms with Crippen LogP contribution in [0.1, 0.15) is 20.9 Å². The number of pyridine rings is 1. The van der Waals surface area contributed by atoms with Gasteiger partial charge in [0.15, 0.2) is 12.4 Å². The molecule has 3 rings (SSSR count). The lowest BCUT2D eigenvalue weighted by Gasteiger charge is -2.02. The van der Waals surface area contributed by atoms with Crippen LogP contribution in [0.3, 0.4) is 0 Å². The number of ketones is 1. The zero-order chi connectivity index (χ0) is 15.5. The number of benzene rings is 1. The Morgan fingerprint density at radius 1 is 1.18 bits per heavy atom. The van der Waals surface area contributed by atoms with Gasteiger partial charge in [-0.25, -0.2) is 4.79 Å². The summed E-state index contributed by atoms with van der Waals surface area (Å²) in [4.78, 5) is 27.7. The summed E-state index contributed by atoms with van der Waals surface area (Å²) in [7, 11) is 0. The molecule has 0 unspecified atom stereocenters. The number of aromatic nitrogens is 1. The third-order valence-corrected chi connectivity index (χ3v) is 3.41. The van der Waals surface area contributed by atoms with Crippen LogP contribution in [0.4, 0.5) is 0 Å².